The maximum Gasteiger partial charge on any atom is 0.0597 e. The van der Waals surface area contributed by atoms with Crippen LogP contribution in [0.15, 0.2) is 0 Å². The molecule has 0 spiro atoms. The molecular formula is C12H26O3. The average molecular weight is 218 g/mol. The minimum Gasteiger partial charge on any atom is -0.382 e. The van der Waals surface area contributed by atoms with Crippen LogP contribution in [-0.4, -0.2) is 39.1 Å². The molecule has 0 amide bonds. The van der Waals surface area contributed by atoms with Crippen LogP contribution in [-0.2, 0) is 14.2 Å². The smallest absolute Gasteiger partial charge is 0.0597 e. The molecule has 0 aromatic rings. The van der Waals surface area contributed by atoms with Crippen molar-refractivity contribution in [1.82, 2.24) is 0 Å². The van der Waals surface area contributed by atoms with Crippen LogP contribution < -0.4 is 0 Å². The first kappa shape index (κ1) is 14.9. The molecule has 92 valence electrons. The summed E-state index contributed by atoms with van der Waals surface area (Å²) in [6.45, 7) is 10.1. The summed E-state index contributed by atoms with van der Waals surface area (Å²) in [6, 6.07) is 0. The van der Waals surface area contributed by atoms with Crippen LogP contribution in [0.4, 0.5) is 0 Å². The maximum absolute atomic E-state index is 5.63. The fourth-order valence-electron chi connectivity index (χ4n) is 1.46. The Morgan fingerprint density at radius 3 is 2.07 bits per heavy atom. The second kappa shape index (κ2) is 12.0. The molecule has 1 unspecified atom stereocenters. The Morgan fingerprint density at radius 1 is 0.800 bits per heavy atom. The van der Waals surface area contributed by atoms with E-state index in [0.717, 1.165) is 52.3 Å². The van der Waals surface area contributed by atoms with Crippen LogP contribution in [0.25, 0.3) is 0 Å². The lowest BCUT2D eigenvalue weighted by Crippen LogP contribution is -2.16. The van der Waals surface area contributed by atoms with Gasteiger partial charge >= 0.3 is 0 Å². The number of hydrogen-bond donors (Lipinski definition) is 0. The molecule has 15 heavy (non-hydrogen) atoms. The summed E-state index contributed by atoms with van der Waals surface area (Å²) < 4.78 is 16.3. The van der Waals surface area contributed by atoms with Crippen LogP contribution in [0.3, 0.4) is 0 Å². The van der Waals surface area contributed by atoms with Gasteiger partial charge in [0.25, 0.3) is 0 Å². The van der Waals surface area contributed by atoms with Gasteiger partial charge < -0.3 is 14.2 Å². The third kappa shape index (κ3) is 10.2. The van der Waals surface area contributed by atoms with E-state index in [9.17, 15) is 0 Å². The van der Waals surface area contributed by atoms with Gasteiger partial charge in [-0.2, -0.15) is 0 Å². The van der Waals surface area contributed by atoms with E-state index in [0.29, 0.717) is 6.10 Å². The molecular weight excluding hydrogens is 192 g/mol. The van der Waals surface area contributed by atoms with Gasteiger partial charge in [-0.3, -0.25) is 0 Å². The molecule has 0 fully saturated rings. The molecule has 0 aliphatic rings. The van der Waals surface area contributed by atoms with Gasteiger partial charge in [0, 0.05) is 33.0 Å². The summed E-state index contributed by atoms with van der Waals surface area (Å²) in [7, 11) is 0. The lowest BCUT2D eigenvalue weighted by molar-refractivity contribution is 0.0186. The summed E-state index contributed by atoms with van der Waals surface area (Å²) in [4.78, 5) is 0. The minimum absolute atomic E-state index is 0.335. The van der Waals surface area contributed by atoms with Crippen LogP contribution in [0.5, 0.6) is 0 Å². The van der Waals surface area contributed by atoms with E-state index in [1.807, 2.05) is 20.8 Å². The first-order valence-electron chi connectivity index (χ1n) is 6.12. The van der Waals surface area contributed by atoms with E-state index < -0.39 is 0 Å². The van der Waals surface area contributed by atoms with E-state index in [4.69, 9.17) is 14.2 Å². The van der Waals surface area contributed by atoms with Gasteiger partial charge in [-0.1, -0.05) is 0 Å². The summed E-state index contributed by atoms with van der Waals surface area (Å²) in [5, 5.41) is 0. The molecule has 0 aliphatic heterocycles. The first-order chi connectivity index (χ1) is 7.35. The zero-order valence-electron chi connectivity index (χ0n) is 10.5. The summed E-state index contributed by atoms with van der Waals surface area (Å²) in [5.74, 6) is 0. The molecule has 0 N–H and O–H groups in total. The molecule has 3 heteroatoms. The van der Waals surface area contributed by atoms with Crippen LogP contribution in [0.2, 0.25) is 0 Å². The minimum atomic E-state index is 0.335. The third-order valence-electron chi connectivity index (χ3n) is 2.21. The third-order valence-corrected chi connectivity index (χ3v) is 2.21. The predicted octanol–water partition coefficient (Wildman–Crippen LogP) is 2.63. The molecule has 0 saturated heterocycles. The zero-order valence-corrected chi connectivity index (χ0v) is 10.5. The van der Waals surface area contributed by atoms with E-state index in [2.05, 4.69) is 0 Å². The normalized spacial score (nSPS) is 13.0. The summed E-state index contributed by atoms with van der Waals surface area (Å²) >= 11 is 0. The van der Waals surface area contributed by atoms with Crippen molar-refractivity contribution in [2.75, 3.05) is 33.0 Å². The van der Waals surface area contributed by atoms with Gasteiger partial charge in [-0.05, 0) is 40.0 Å². The van der Waals surface area contributed by atoms with Gasteiger partial charge in [-0.25, -0.2) is 0 Å². The Morgan fingerprint density at radius 2 is 1.47 bits per heavy atom. The van der Waals surface area contributed by atoms with Crippen molar-refractivity contribution in [2.24, 2.45) is 0 Å². The van der Waals surface area contributed by atoms with Crippen LogP contribution >= 0.6 is 0 Å². The standard InChI is InChI=1S/C12H26O3/c1-4-13-10-7-8-12(15-6-3)9-11-14-5-2/h12H,4-11H2,1-3H3. The van der Waals surface area contributed by atoms with Crippen molar-refractivity contribution < 1.29 is 14.2 Å². The van der Waals surface area contributed by atoms with Crippen molar-refractivity contribution in [1.29, 1.82) is 0 Å². The molecule has 1 atom stereocenters. The van der Waals surface area contributed by atoms with Gasteiger partial charge in [0.1, 0.15) is 0 Å². The lowest BCUT2D eigenvalue weighted by Gasteiger charge is -2.16. The highest BCUT2D eigenvalue weighted by Gasteiger charge is 2.07. The average Bonchev–Trinajstić information content (AvgIpc) is 2.24. The van der Waals surface area contributed by atoms with E-state index in [1.54, 1.807) is 0 Å². The number of ether oxygens (including phenoxy) is 3. The highest BCUT2D eigenvalue weighted by molar-refractivity contribution is 4.58. The quantitative estimate of drug-likeness (QED) is 0.499. The highest BCUT2D eigenvalue weighted by atomic mass is 16.5. The SMILES string of the molecule is CCOCCCC(CCOCC)OCC. The van der Waals surface area contributed by atoms with Crippen molar-refractivity contribution in [3.05, 3.63) is 0 Å². The molecule has 0 heterocycles. The zero-order chi connectivity index (χ0) is 11.4. The van der Waals surface area contributed by atoms with E-state index >= 15 is 0 Å². The van der Waals surface area contributed by atoms with Gasteiger partial charge in [-0.15, -0.1) is 0 Å². The Hall–Kier alpha value is -0.120. The summed E-state index contributed by atoms with van der Waals surface area (Å²) in [5.41, 5.74) is 0. The van der Waals surface area contributed by atoms with Crippen LogP contribution in [0, 0.1) is 0 Å². The Bertz CT molecular complexity index is 117. The molecule has 0 radical (unpaired) electrons. The fraction of sp³-hybridized carbons (Fsp3) is 1.00. The van der Waals surface area contributed by atoms with Crippen molar-refractivity contribution in [2.45, 2.75) is 46.1 Å². The van der Waals surface area contributed by atoms with Gasteiger partial charge in [0.15, 0.2) is 0 Å². The monoisotopic (exact) mass is 218 g/mol. The van der Waals surface area contributed by atoms with Gasteiger partial charge in [0.05, 0.1) is 6.10 Å². The molecule has 0 rings (SSSR count). The topological polar surface area (TPSA) is 27.7 Å². The largest absolute Gasteiger partial charge is 0.382 e. The summed E-state index contributed by atoms with van der Waals surface area (Å²) in [6.07, 6.45) is 3.47. The molecule has 0 aromatic heterocycles. The first-order valence-corrected chi connectivity index (χ1v) is 6.12. The predicted molar refractivity (Wildman–Crippen MR) is 62.3 cm³/mol. The second-order valence-corrected chi connectivity index (χ2v) is 3.40. The van der Waals surface area contributed by atoms with E-state index in [-0.39, 0.29) is 0 Å². The van der Waals surface area contributed by atoms with Crippen molar-refractivity contribution in [3.63, 3.8) is 0 Å². The maximum atomic E-state index is 5.63. The molecule has 3 nitrogen and oxygen atoms in total. The van der Waals surface area contributed by atoms with Gasteiger partial charge in [0.2, 0.25) is 0 Å². The Labute approximate surface area is 94.1 Å². The number of rotatable bonds is 11. The molecule has 0 bridgehead atoms. The number of hydrogen-bond acceptors (Lipinski definition) is 3. The van der Waals surface area contributed by atoms with E-state index in [1.165, 1.54) is 0 Å². The Balaban J connectivity index is 3.44. The lowest BCUT2D eigenvalue weighted by atomic mass is 10.1. The van der Waals surface area contributed by atoms with Crippen molar-refractivity contribution >= 4 is 0 Å². The Kier molecular flexibility index (Phi) is 11.9. The van der Waals surface area contributed by atoms with Crippen molar-refractivity contribution in [3.8, 4) is 0 Å². The molecule has 0 aromatic carbocycles. The molecule has 0 aliphatic carbocycles. The highest BCUT2D eigenvalue weighted by Crippen LogP contribution is 2.07. The van der Waals surface area contributed by atoms with Crippen LogP contribution in [0.1, 0.15) is 40.0 Å². The second-order valence-electron chi connectivity index (χ2n) is 3.40. The fourth-order valence-corrected chi connectivity index (χ4v) is 1.46. The molecule has 0 saturated carbocycles.